The van der Waals surface area contributed by atoms with Gasteiger partial charge in [0.15, 0.2) is 9.84 Å². The van der Waals surface area contributed by atoms with E-state index in [1.165, 1.54) is 0 Å². The third-order valence-electron chi connectivity index (χ3n) is 1.71. The summed E-state index contributed by atoms with van der Waals surface area (Å²) in [7, 11) is -2.74. The minimum absolute atomic E-state index is 0.0416. The van der Waals surface area contributed by atoms with Crippen molar-refractivity contribution >= 4 is 16.1 Å². The molecule has 4 heteroatoms. The molecule has 0 amide bonds. The van der Waals surface area contributed by atoms with Crippen LogP contribution >= 0.6 is 0 Å². The van der Waals surface area contributed by atoms with E-state index in [0.29, 0.717) is 12.2 Å². The van der Waals surface area contributed by atoms with Gasteiger partial charge in [0, 0.05) is 0 Å². The fraction of sp³-hybridized carbons (Fsp3) is 0.857. The van der Waals surface area contributed by atoms with Crippen molar-refractivity contribution in [1.82, 2.24) is 0 Å². The highest BCUT2D eigenvalue weighted by Gasteiger charge is 2.26. The fourth-order valence-corrected chi connectivity index (χ4v) is 2.78. The van der Waals surface area contributed by atoms with E-state index in [4.69, 9.17) is 0 Å². The lowest BCUT2D eigenvalue weighted by Gasteiger charge is -1.96. The average Bonchev–Trinajstić information content (AvgIpc) is 2.26. The van der Waals surface area contributed by atoms with E-state index in [0.717, 1.165) is 6.42 Å². The lowest BCUT2D eigenvalue weighted by molar-refractivity contribution is 0.601. The minimum atomic E-state index is -2.74. The predicted molar refractivity (Wildman–Crippen MR) is 45.8 cm³/mol. The first kappa shape index (κ1) is 8.71. The average molecular weight is 175 g/mol. The van der Waals surface area contributed by atoms with Crippen LogP contribution in [0.5, 0.6) is 0 Å². The largest absolute Gasteiger partial charge is 0.293 e. The summed E-state index contributed by atoms with van der Waals surface area (Å²) in [5, 5.41) is 0. The van der Waals surface area contributed by atoms with Crippen molar-refractivity contribution in [3.63, 3.8) is 0 Å². The lowest BCUT2D eigenvalue weighted by atomic mass is 10.3. The van der Waals surface area contributed by atoms with Gasteiger partial charge in [0.05, 0.1) is 17.5 Å². The van der Waals surface area contributed by atoms with Crippen LogP contribution in [0.3, 0.4) is 0 Å². The van der Waals surface area contributed by atoms with Crippen molar-refractivity contribution in [1.29, 1.82) is 0 Å². The van der Waals surface area contributed by atoms with Crippen molar-refractivity contribution in [3.05, 3.63) is 0 Å². The molecule has 0 aromatic carbocycles. The van der Waals surface area contributed by atoms with Crippen molar-refractivity contribution in [2.75, 3.05) is 11.5 Å². The summed E-state index contributed by atoms with van der Waals surface area (Å²) in [6.45, 7) is 1.99. The van der Waals surface area contributed by atoms with Gasteiger partial charge in [-0.25, -0.2) is 8.42 Å². The molecule has 1 atom stereocenters. The van der Waals surface area contributed by atoms with Gasteiger partial charge in [-0.1, -0.05) is 6.92 Å². The molecule has 0 bridgehead atoms. The summed E-state index contributed by atoms with van der Waals surface area (Å²) in [5.74, 6) is 0.572. The highest BCUT2D eigenvalue weighted by molar-refractivity contribution is 7.91. The Labute approximate surface area is 67.4 Å². The Balaban J connectivity index is 2.49. The van der Waals surface area contributed by atoms with Gasteiger partial charge in [0.25, 0.3) is 0 Å². The maximum Gasteiger partial charge on any atom is 0.152 e. The van der Waals surface area contributed by atoms with Gasteiger partial charge in [-0.2, -0.15) is 0 Å². The van der Waals surface area contributed by atoms with Crippen LogP contribution in [-0.2, 0) is 9.84 Å². The van der Waals surface area contributed by atoms with Crippen molar-refractivity contribution in [2.24, 2.45) is 4.99 Å². The molecule has 0 N–H and O–H groups in total. The fourth-order valence-electron chi connectivity index (χ4n) is 1.15. The zero-order valence-electron chi connectivity index (χ0n) is 6.66. The molecule has 0 aromatic heterocycles. The Kier molecular flexibility index (Phi) is 2.65. The van der Waals surface area contributed by atoms with Gasteiger partial charge in [-0.3, -0.25) is 4.99 Å². The molecule has 1 heterocycles. The summed E-state index contributed by atoms with van der Waals surface area (Å²) in [6.07, 6.45) is 3.39. The highest BCUT2D eigenvalue weighted by atomic mass is 32.2. The number of nitrogens with zero attached hydrogens (tertiary/aromatic N) is 1. The molecular formula is C7H13NO2S. The summed E-state index contributed by atoms with van der Waals surface area (Å²) < 4.78 is 21.9. The number of hydrogen-bond donors (Lipinski definition) is 0. The van der Waals surface area contributed by atoms with Crippen LogP contribution < -0.4 is 0 Å². The van der Waals surface area contributed by atoms with Crippen LogP contribution in [0.2, 0.25) is 0 Å². The molecule has 0 spiro atoms. The number of hydrogen-bond acceptors (Lipinski definition) is 3. The van der Waals surface area contributed by atoms with Crippen molar-refractivity contribution in [3.8, 4) is 0 Å². The van der Waals surface area contributed by atoms with Crippen LogP contribution in [0, 0.1) is 0 Å². The van der Waals surface area contributed by atoms with E-state index in [-0.39, 0.29) is 11.8 Å². The normalized spacial score (nSPS) is 29.7. The molecule has 0 aromatic rings. The van der Waals surface area contributed by atoms with Crippen LogP contribution in [0.1, 0.15) is 19.8 Å². The topological polar surface area (TPSA) is 46.5 Å². The van der Waals surface area contributed by atoms with E-state index < -0.39 is 9.84 Å². The Morgan fingerprint density at radius 2 is 2.36 bits per heavy atom. The molecule has 0 aliphatic carbocycles. The first-order valence-corrected chi connectivity index (χ1v) is 5.68. The summed E-state index contributed by atoms with van der Waals surface area (Å²) in [4.78, 5) is 4.13. The van der Waals surface area contributed by atoms with Crippen LogP contribution in [0.15, 0.2) is 4.99 Å². The van der Waals surface area contributed by atoms with Gasteiger partial charge in [-0.05, 0) is 19.1 Å². The molecule has 1 aliphatic heterocycles. The second kappa shape index (κ2) is 3.34. The second-order valence-electron chi connectivity index (χ2n) is 2.80. The van der Waals surface area contributed by atoms with Crippen molar-refractivity contribution in [2.45, 2.75) is 25.8 Å². The number of rotatable bonds is 2. The van der Waals surface area contributed by atoms with E-state index in [2.05, 4.69) is 4.99 Å². The first-order chi connectivity index (χ1) is 5.14. The molecular weight excluding hydrogens is 162 g/mol. The zero-order chi connectivity index (χ0) is 8.32. The van der Waals surface area contributed by atoms with Gasteiger partial charge in [0.2, 0.25) is 0 Å². The first-order valence-electron chi connectivity index (χ1n) is 3.86. The Bertz CT molecular complexity index is 243. The molecule has 1 aliphatic rings. The van der Waals surface area contributed by atoms with Gasteiger partial charge >= 0.3 is 0 Å². The Morgan fingerprint density at radius 1 is 1.64 bits per heavy atom. The predicted octanol–water partition coefficient (Wildman–Crippen LogP) is 0.654. The van der Waals surface area contributed by atoms with Crippen LogP contribution in [-0.4, -0.2) is 32.2 Å². The van der Waals surface area contributed by atoms with E-state index in [9.17, 15) is 8.42 Å². The lowest BCUT2D eigenvalue weighted by Crippen LogP contribution is -2.07. The second-order valence-corrected chi connectivity index (χ2v) is 5.03. The van der Waals surface area contributed by atoms with Crippen molar-refractivity contribution < 1.29 is 8.42 Å². The molecule has 0 saturated carbocycles. The number of aliphatic imine (C=N–C) groups is 1. The smallest absolute Gasteiger partial charge is 0.152 e. The minimum Gasteiger partial charge on any atom is -0.293 e. The van der Waals surface area contributed by atoms with E-state index in [1.54, 1.807) is 6.21 Å². The molecule has 0 radical (unpaired) electrons. The molecule has 1 fully saturated rings. The maximum atomic E-state index is 10.9. The van der Waals surface area contributed by atoms with E-state index >= 15 is 0 Å². The highest BCUT2D eigenvalue weighted by Crippen LogP contribution is 2.13. The zero-order valence-corrected chi connectivity index (χ0v) is 7.47. The maximum absolute atomic E-state index is 10.9. The van der Waals surface area contributed by atoms with E-state index in [1.807, 2.05) is 6.92 Å². The monoisotopic (exact) mass is 175 g/mol. The third kappa shape index (κ3) is 2.61. The number of sulfone groups is 1. The molecule has 3 nitrogen and oxygen atoms in total. The van der Waals surface area contributed by atoms with Gasteiger partial charge < -0.3 is 0 Å². The Morgan fingerprint density at radius 3 is 2.82 bits per heavy atom. The SMILES string of the molecule is CCC=N[C@H]1CCS(=O)(=O)C1. The molecule has 1 saturated heterocycles. The summed E-state index contributed by atoms with van der Waals surface area (Å²) in [6, 6.07) is 0.0416. The quantitative estimate of drug-likeness (QED) is 0.579. The third-order valence-corrected chi connectivity index (χ3v) is 3.46. The molecule has 64 valence electrons. The molecule has 1 rings (SSSR count). The van der Waals surface area contributed by atoms with Gasteiger partial charge in [-0.15, -0.1) is 0 Å². The van der Waals surface area contributed by atoms with Crippen LogP contribution in [0.25, 0.3) is 0 Å². The standard InChI is InChI=1S/C7H13NO2S/c1-2-4-8-7-3-5-11(9,10)6-7/h4,7H,2-3,5-6H2,1H3/t7-/m0/s1. The molecule has 0 unspecified atom stereocenters. The van der Waals surface area contributed by atoms with Crippen LogP contribution in [0.4, 0.5) is 0 Å². The summed E-state index contributed by atoms with van der Waals surface area (Å²) in [5.41, 5.74) is 0. The summed E-state index contributed by atoms with van der Waals surface area (Å²) >= 11 is 0. The molecule has 11 heavy (non-hydrogen) atoms. The Hall–Kier alpha value is -0.380. The van der Waals surface area contributed by atoms with Gasteiger partial charge in [0.1, 0.15) is 0 Å².